The Kier molecular flexibility index (Phi) is 2.41. The summed E-state index contributed by atoms with van der Waals surface area (Å²) in [5, 5.41) is 12.2. The highest BCUT2D eigenvalue weighted by Gasteiger charge is 2.56. The molecule has 0 bridgehead atoms. The molecule has 15 heavy (non-hydrogen) atoms. The van der Waals surface area contributed by atoms with E-state index in [1.54, 1.807) is 0 Å². The molecule has 2 fully saturated rings. The minimum atomic E-state index is -0.437. The van der Waals surface area contributed by atoms with Gasteiger partial charge in [0.25, 0.3) is 0 Å². The van der Waals surface area contributed by atoms with E-state index in [9.17, 15) is 9.90 Å². The maximum absolute atomic E-state index is 11.4. The van der Waals surface area contributed by atoms with Crippen molar-refractivity contribution in [1.82, 2.24) is 5.32 Å². The molecule has 0 saturated heterocycles. The van der Waals surface area contributed by atoms with Crippen LogP contribution in [0.5, 0.6) is 0 Å². The Balaban J connectivity index is 1.74. The molecular weight excluding hydrogens is 194 g/mol. The number of carbonyl (C=O) groups excluding carboxylic acids is 1. The van der Waals surface area contributed by atoms with Crippen molar-refractivity contribution in [1.29, 1.82) is 0 Å². The molecule has 0 heterocycles. The summed E-state index contributed by atoms with van der Waals surface area (Å²) in [7, 11) is 0. The third-order valence-electron chi connectivity index (χ3n) is 3.10. The Morgan fingerprint density at radius 1 is 1.33 bits per heavy atom. The highest BCUT2D eigenvalue weighted by atomic mass is 16.6. The van der Waals surface area contributed by atoms with Crippen molar-refractivity contribution in [3.63, 3.8) is 0 Å². The number of aliphatic hydroxyl groups is 1. The van der Waals surface area contributed by atoms with Crippen molar-refractivity contribution in [3.05, 3.63) is 0 Å². The summed E-state index contributed by atoms with van der Waals surface area (Å²) >= 11 is 0. The zero-order valence-electron chi connectivity index (χ0n) is 9.49. The Morgan fingerprint density at radius 2 is 1.87 bits per heavy atom. The molecule has 0 aromatic rings. The molecule has 2 rings (SSSR count). The van der Waals surface area contributed by atoms with E-state index in [0.29, 0.717) is 11.8 Å². The van der Waals surface area contributed by atoms with Crippen molar-refractivity contribution in [2.45, 2.75) is 51.4 Å². The van der Waals surface area contributed by atoms with E-state index in [2.05, 4.69) is 5.32 Å². The number of hydrogen-bond donors (Lipinski definition) is 2. The fraction of sp³-hybridized carbons (Fsp3) is 0.909. The monoisotopic (exact) mass is 213 g/mol. The van der Waals surface area contributed by atoms with Gasteiger partial charge in [-0.25, -0.2) is 4.79 Å². The van der Waals surface area contributed by atoms with Crippen LogP contribution in [-0.2, 0) is 4.74 Å². The minimum Gasteiger partial charge on any atom is -0.444 e. The molecule has 4 heteroatoms. The number of rotatable bonds is 1. The number of hydrogen-bond acceptors (Lipinski definition) is 3. The number of carbonyl (C=O) groups is 1. The second-order valence-corrected chi connectivity index (χ2v) is 5.62. The van der Waals surface area contributed by atoms with E-state index >= 15 is 0 Å². The Bertz CT molecular complexity index is 259. The van der Waals surface area contributed by atoms with Crippen LogP contribution in [-0.4, -0.2) is 28.9 Å². The zero-order chi connectivity index (χ0) is 11.2. The van der Waals surface area contributed by atoms with Crippen molar-refractivity contribution in [2.75, 3.05) is 0 Å². The second-order valence-electron chi connectivity index (χ2n) is 5.62. The van der Waals surface area contributed by atoms with Crippen molar-refractivity contribution >= 4 is 6.09 Å². The molecule has 86 valence electrons. The van der Waals surface area contributed by atoms with Crippen LogP contribution in [0.4, 0.5) is 4.79 Å². The first-order valence-electron chi connectivity index (χ1n) is 5.54. The number of fused-ring (bicyclic) bond motifs is 1. The predicted molar refractivity (Wildman–Crippen MR) is 55.4 cm³/mol. The lowest BCUT2D eigenvalue weighted by atomic mass is 10.2. The summed E-state index contributed by atoms with van der Waals surface area (Å²) in [6.07, 6.45) is 1.16. The fourth-order valence-corrected chi connectivity index (χ4v) is 2.47. The molecule has 0 radical (unpaired) electrons. The molecule has 0 aromatic heterocycles. The number of alkyl carbamates (subject to hydrolysis) is 1. The SMILES string of the molecule is CC(C)(C)OC(=O)NC1C2CC(O)CC21. The van der Waals surface area contributed by atoms with Crippen LogP contribution in [0, 0.1) is 11.8 Å². The first-order chi connectivity index (χ1) is 6.87. The third kappa shape index (κ3) is 2.43. The molecule has 0 aromatic carbocycles. The summed E-state index contributed by atoms with van der Waals surface area (Å²) in [5.74, 6) is 0.958. The van der Waals surface area contributed by atoms with Gasteiger partial charge in [-0.15, -0.1) is 0 Å². The smallest absolute Gasteiger partial charge is 0.407 e. The van der Waals surface area contributed by atoms with Crippen LogP contribution in [0.1, 0.15) is 33.6 Å². The molecule has 4 nitrogen and oxygen atoms in total. The predicted octanol–water partition coefficient (Wildman–Crippen LogP) is 1.28. The maximum atomic E-state index is 11.4. The highest BCUT2D eigenvalue weighted by Crippen LogP contribution is 2.51. The fourth-order valence-electron chi connectivity index (χ4n) is 2.47. The van der Waals surface area contributed by atoms with Gasteiger partial charge in [0.05, 0.1) is 6.10 Å². The van der Waals surface area contributed by atoms with Crippen molar-refractivity contribution in [3.8, 4) is 0 Å². The number of ether oxygens (including phenoxy) is 1. The summed E-state index contributed by atoms with van der Waals surface area (Å²) < 4.78 is 5.17. The maximum Gasteiger partial charge on any atom is 0.407 e. The van der Waals surface area contributed by atoms with Gasteiger partial charge in [0, 0.05) is 6.04 Å². The molecular formula is C11H19NO3. The van der Waals surface area contributed by atoms with Gasteiger partial charge in [-0.2, -0.15) is 0 Å². The zero-order valence-corrected chi connectivity index (χ0v) is 9.49. The lowest BCUT2D eigenvalue weighted by Crippen LogP contribution is -2.35. The van der Waals surface area contributed by atoms with E-state index in [1.807, 2.05) is 20.8 Å². The van der Waals surface area contributed by atoms with Crippen LogP contribution >= 0.6 is 0 Å². The lowest BCUT2D eigenvalue weighted by Gasteiger charge is -2.20. The van der Waals surface area contributed by atoms with Crippen molar-refractivity contribution in [2.24, 2.45) is 11.8 Å². The van der Waals surface area contributed by atoms with Gasteiger partial charge in [0.1, 0.15) is 5.60 Å². The normalized spacial score (nSPS) is 38.4. The van der Waals surface area contributed by atoms with E-state index in [0.717, 1.165) is 12.8 Å². The van der Waals surface area contributed by atoms with E-state index in [-0.39, 0.29) is 18.2 Å². The van der Waals surface area contributed by atoms with Gasteiger partial charge in [0.15, 0.2) is 0 Å². The Hall–Kier alpha value is -0.770. The summed E-state index contributed by atoms with van der Waals surface area (Å²) in [5.41, 5.74) is -0.437. The lowest BCUT2D eigenvalue weighted by molar-refractivity contribution is 0.0510. The van der Waals surface area contributed by atoms with Crippen molar-refractivity contribution < 1.29 is 14.6 Å². The topological polar surface area (TPSA) is 58.6 Å². The van der Waals surface area contributed by atoms with Gasteiger partial charge in [-0.05, 0) is 45.4 Å². The standard InChI is InChI=1S/C11H19NO3/c1-11(2,3)15-10(14)12-9-7-4-6(13)5-8(7)9/h6-9,13H,4-5H2,1-3H3,(H,12,14). The summed E-state index contributed by atoms with van der Waals surface area (Å²) in [6, 6.07) is 0.239. The van der Waals surface area contributed by atoms with Crippen LogP contribution in [0.3, 0.4) is 0 Å². The second kappa shape index (κ2) is 3.37. The molecule has 2 aliphatic carbocycles. The average Bonchev–Trinajstić information content (AvgIpc) is 2.54. The van der Waals surface area contributed by atoms with Crippen LogP contribution in [0.25, 0.3) is 0 Å². The molecule has 2 aliphatic rings. The Labute approximate surface area is 90.0 Å². The molecule has 1 amide bonds. The number of amides is 1. The molecule has 2 saturated carbocycles. The average molecular weight is 213 g/mol. The third-order valence-corrected chi connectivity index (χ3v) is 3.10. The molecule has 0 aliphatic heterocycles. The largest absolute Gasteiger partial charge is 0.444 e. The highest BCUT2D eigenvalue weighted by molar-refractivity contribution is 5.68. The molecule has 2 N–H and O–H groups in total. The molecule has 2 atom stereocenters. The number of nitrogens with one attached hydrogen (secondary N) is 1. The summed E-state index contributed by atoms with van der Waals surface area (Å²) in [6.45, 7) is 5.55. The van der Waals surface area contributed by atoms with Gasteiger partial charge in [-0.3, -0.25) is 0 Å². The molecule has 0 spiro atoms. The van der Waals surface area contributed by atoms with E-state index in [4.69, 9.17) is 4.74 Å². The number of aliphatic hydroxyl groups excluding tert-OH is 1. The van der Waals surface area contributed by atoms with Gasteiger partial charge < -0.3 is 15.2 Å². The Morgan fingerprint density at radius 3 is 2.33 bits per heavy atom. The van der Waals surface area contributed by atoms with Gasteiger partial charge in [-0.1, -0.05) is 0 Å². The quantitative estimate of drug-likeness (QED) is 0.690. The van der Waals surface area contributed by atoms with E-state index in [1.165, 1.54) is 0 Å². The summed E-state index contributed by atoms with van der Waals surface area (Å²) in [4.78, 5) is 11.4. The first kappa shape index (κ1) is 10.7. The van der Waals surface area contributed by atoms with Crippen LogP contribution in [0.2, 0.25) is 0 Å². The van der Waals surface area contributed by atoms with E-state index < -0.39 is 5.60 Å². The molecule has 2 unspecified atom stereocenters. The van der Waals surface area contributed by atoms with Gasteiger partial charge >= 0.3 is 6.09 Å². The first-order valence-corrected chi connectivity index (χ1v) is 5.54. The van der Waals surface area contributed by atoms with Crippen LogP contribution < -0.4 is 5.32 Å². The van der Waals surface area contributed by atoms with Gasteiger partial charge in [0.2, 0.25) is 0 Å². The van der Waals surface area contributed by atoms with Crippen LogP contribution in [0.15, 0.2) is 0 Å². The minimum absolute atomic E-state index is 0.156.